The molecule has 0 saturated carbocycles. The van der Waals surface area contributed by atoms with Crippen molar-refractivity contribution in [1.29, 1.82) is 0 Å². The minimum atomic E-state index is 0.0402. The van der Waals surface area contributed by atoms with E-state index in [1.54, 1.807) is 7.11 Å². The number of carbonyl (C=O) groups excluding carboxylic acids is 1. The van der Waals surface area contributed by atoms with Gasteiger partial charge < -0.3 is 15.4 Å². The summed E-state index contributed by atoms with van der Waals surface area (Å²) >= 11 is 0. The van der Waals surface area contributed by atoms with Crippen molar-refractivity contribution in [2.75, 3.05) is 45.2 Å². The molecule has 0 unspecified atom stereocenters. The van der Waals surface area contributed by atoms with E-state index in [0.717, 1.165) is 43.5 Å². The molecule has 5 heteroatoms. The average Bonchev–Trinajstić information content (AvgIpc) is 2.54. The highest BCUT2D eigenvalue weighted by molar-refractivity contribution is 5.92. The minimum Gasteiger partial charge on any atom is -0.497 e. The smallest absolute Gasteiger partial charge is 0.238 e. The lowest BCUT2D eigenvalue weighted by atomic mass is 9.97. The Morgan fingerprint density at radius 3 is 2.82 bits per heavy atom. The second kappa shape index (κ2) is 8.76. The molecule has 1 saturated heterocycles. The number of carbonyl (C=O) groups is 1. The lowest BCUT2D eigenvalue weighted by Gasteiger charge is -2.31. The van der Waals surface area contributed by atoms with Crippen LogP contribution in [0, 0.1) is 5.92 Å². The molecule has 0 bridgehead atoms. The molecule has 0 spiro atoms. The number of likely N-dealkylation sites (tertiary alicyclic amines) is 1. The Morgan fingerprint density at radius 1 is 1.36 bits per heavy atom. The summed E-state index contributed by atoms with van der Waals surface area (Å²) in [6.45, 7) is 6.73. The molecular formula is C17H27N3O2. The third-order valence-corrected chi connectivity index (χ3v) is 4.11. The van der Waals surface area contributed by atoms with Gasteiger partial charge in [-0.25, -0.2) is 0 Å². The standard InChI is InChI=1S/C17H27N3O2/c1-3-18-12-14-7-9-20(10-8-14)13-17(21)19-15-5-4-6-16(11-15)22-2/h4-6,11,14,18H,3,7-10,12-13H2,1-2H3,(H,19,21). The average molecular weight is 305 g/mol. The molecule has 5 nitrogen and oxygen atoms in total. The van der Waals surface area contributed by atoms with Gasteiger partial charge in [-0.15, -0.1) is 0 Å². The molecule has 0 aromatic heterocycles. The molecule has 0 aliphatic carbocycles. The van der Waals surface area contributed by atoms with E-state index >= 15 is 0 Å². The van der Waals surface area contributed by atoms with Crippen molar-refractivity contribution in [1.82, 2.24) is 10.2 Å². The highest BCUT2D eigenvalue weighted by Gasteiger charge is 2.20. The fraction of sp³-hybridized carbons (Fsp3) is 0.588. The molecule has 2 rings (SSSR count). The zero-order valence-corrected chi connectivity index (χ0v) is 13.6. The molecule has 2 N–H and O–H groups in total. The van der Waals surface area contributed by atoms with Gasteiger partial charge in [0.15, 0.2) is 0 Å². The molecule has 1 aliphatic heterocycles. The predicted octanol–water partition coefficient (Wildman–Crippen LogP) is 1.96. The fourth-order valence-electron chi connectivity index (χ4n) is 2.80. The summed E-state index contributed by atoms with van der Waals surface area (Å²) in [6.07, 6.45) is 2.33. The topological polar surface area (TPSA) is 53.6 Å². The van der Waals surface area contributed by atoms with Gasteiger partial charge in [0.05, 0.1) is 13.7 Å². The molecule has 1 aromatic carbocycles. The van der Waals surface area contributed by atoms with Crippen LogP contribution in [0.1, 0.15) is 19.8 Å². The van der Waals surface area contributed by atoms with E-state index in [1.165, 1.54) is 12.8 Å². The Hall–Kier alpha value is -1.59. The van der Waals surface area contributed by atoms with Crippen LogP contribution in [0.3, 0.4) is 0 Å². The van der Waals surface area contributed by atoms with Crippen LogP contribution in [0.25, 0.3) is 0 Å². The van der Waals surface area contributed by atoms with Gasteiger partial charge in [-0.2, -0.15) is 0 Å². The van der Waals surface area contributed by atoms with E-state index < -0.39 is 0 Å². The first-order chi connectivity index (χ1) is 10.7. The zero-order chi connectivity index (χ0) is 15.8. The molecule has 122 valence electrons. The van der Waals surface area contributed by atoms with Gasteiger partial charge in [0.25, 0.3) is 0 Å². The maximum Gasteiger partial charge on any atom is 0.238 e. The second-order valence-electron chi connectivity index (χ2n) is 5.81. The quantitative estimate of drug-likeness (QED) is 0.808. The highest BCUT2D eigenvalue weighted by Crippen LogP contribution is 2.18. The Labute approximate surface area is 133 Å². The van der Waals surface area contributed by atoms with E-state index in [2.05, 4.69) is 22.5 Å². The molecule has 1 fully saturated rings. The summed E-state index contributed by atoms with van der Waals surface area (Å²) in [5.41, 5.74) is 0.784. The molecular weight excluding hydrogens is 278 g/mol. The van der Waals surface area contributed by atoms with Crippen LogP contribution in [0.2, 0.25) is 0 Å². The number of amides is 1. The molecule has 1 amide bonds. The first-order valence-corrected chi connectivity index (χ1v) is 8.08. The van der Waals surface area contributed by atoms with Gasteiger partial charge in [0.2, 0.25) is 5.91 Å². The van der Waals surface area contributed by atoms with Crippen molar-refractivity contribution in [2.45, 2.75) is 19.8 Å². The monoisotopic (exact) mass is 305 g/mol. The van der Waals surface area contributed by atoms with Crippen molar-refractivity contribution in [2.24, 2.45) is 5.92 Å². The summed E-state index contributed by atoms with van der Waals surface area (Å²) in [6, 6.07) is 7.45. The van der Waals surface area contributed by atoms with Crippen LogP contribution >= 0.6 is 0 Å². The SMILES string of the molecule is CCNCC1CCN(CC(=O)Nc2cccc(OC)c2)CC1. The minimum absolute atomic E-state index is 0.0402. The number of rotatable bonds is 7. The third kappa shape index (κ3) is 5.31. The summed E-state index contributed by atoms with van der Waals surface area (Å²) < 4.78 is 5.16. The van der Waals surface area contributed by atoms with E-state index in [0.29, 0.717) is 6.54 Å². The number of anilines is 1. The number of methoxy groups -OCH3 is 1. The van der Waals surface area contributed by atoms with E-state index in [-0.39, 0.29) is 5.91 Å². The number of piperidine rings is 1. The van der Waals surface area contributed by atoms with Crippen LogP contribution in [0.5, 0.6) is 5.75 Å². The zero-order valence-electron chi connectivity index (χ0n) is 13.6. The lowest BCUT2D eigenvalue weighted by Crippen LogP contribution is -2.41. The van der Waals surface area contributed by atoms with Crippen LogP contribution in [0.4, 0.5) is 5.69 Å². The highest BCUT2D eigenvalue weighted by atomic mass is 16.5. The summed E-state index contributed by atoms with van der Waals surface area (Å²) in [7, 11) is 1.62. The Bertz CT molecular complexity index is 471. The summed E-state index contributed by atoms with van der Waals surface area (Å²) in [4.78, 5) is 14.4. The first kappa shape index (κ1) is 16.8. The largest absolute Gasteiger partial charge is 0.497 e. The predicted molar refractivity (Wildman–Crippen MR) is 89.3 cm³/mol. The van der Waals surface area contributed by atoms with Crippen LogP contribution in [-0.2, 0) is 4.79 Å². The van der Waals surface area contributed by atoms with Crippen molar-refractivity contribution in [3.63, 3.8) is 0 Å². The normalized spacial score (nSPS) is 16.5. The molecule has 1 aromatic rings. The van der Waals surface area contributed by atoms with Crippen LogP contribution < -0.4 is 15.4 Å². The molecule has 1 aliphatic rings. The van der Waals surface area contributed by atoms with E-state index in [1.807, 2.05) is 24.3 Å². The second-order valence-corrected chi connectivity index (χ2v) is 5.81. The number of hydrogen-bond acceptors (Lipinski definition) is 4. The Balaban J connectivity index is 1.73. The van der Waals surface area contributed by atoms with E-state index in [4.69, 9.17) is 4.74 Å². The van der Waals surface area contributed by atoms with Crippen molar-refractivity contribution < 1.29 is 9.53 Å². The van der Waals surface area contributed by atoms with Crippen molar-refractivity contribution in [3.8, 4) is 5.75 Å². The number of nitrogens with zero attached hydrogens (tertiary/aromatic N) is 1. The fourth-order valence-corrected chi connectivity index (χ4v) is 2.80. The van der Waals surface area contributed by atoms with Gasteiger partial charge in [0, 0.05) is 11.8 Å². The van der Waals surface area contributed by atoms with Crippen molar-refractivity contribution in [3.05, 3.63) is 24.3 Å². The third-order valence-electron chi connectivity index (χ3n) is 4.11. The van der Waals surface area contributed by atoms with Gasteiger partial charge in [-0.3, -0.25) is 9.69 Å². The number of ether oxygens (including phenoxy) is 1. The lowest BCUT2D eigenvalue weighted by molar-refractivity contribution is -0.117. The van der Waals surface area contributed by atoms with Gasteiger partial charge >= 0.3 is 0 Å². The van der Waals surface area contributed by atoms with Crippen LogP contribution in [-0.4, -0.2) is 50.6 Å². The maximum atomic E-state index is 12.1. The van der Waals surface area contributed by atoms with Crippen molar-refractivity contribution >= 4 is 11.6 Å². The first-order valence-electron chi connectivity index (χ1n) is 8.08. The number of hydrogen-bond donors (Lipinski definition) is 2. The maximum absolute atomic E-state index is 12.1. The van der Waals surface area contributed by atoms with Gasteiger partial charge in [0.1, 0.15) is 5.75 Å². The number of benzene rings is 1. The molecule has 22 heavy (non-hydrogen) atoms. The number of nitrogens with one attached hydrogen (secondary N) is 2. The summed E-state index contributed by atoms with van der Waals surface area (Å²) in [5.74, 6) is 1.54. The molecule has 0 atom stereocenters. The Morgan fingerprint density at radius 2 is 2.14 bits per heavy atom. The molecule has 1 heterocycles. The van der Waals surface area contributed by atoms with Crippen LogP contribution in [0.15, 0.2) is 24.3 Å². The van der Waals surface area contributed by atoms with Gasteiger partial charge in [-0.1, -0.05) is 13.0 Å². The Kier molecular flexibility index (Phi) is 6.68. The summed E-state index contributed by atoms with van der Waals surface area (Å²) in [5, 5.41) is 6.34. The molecule has 0 radical (unpaired) electrons. The van der Waals surface area contributed by atoms with Gasteiger partial charge in [-0.05, 0) is 57.1 Å². The van der Waals surface area contributed by atoms with E-state index in [9.17, 15) is 4.79 Å².